The maximum absolute atomic E-state index is 12.8. The fraction of sp³-hybridized carbons (Fsp3) is 0.286. The molecular formula is C21H20F3N3O3. The standard InChI is InChI=1S/C21H20F3N3O3/c1-29-17-7-5-14(6-8-17)11-12-25-18(28)9-10-19-26-20(27-30-19)15-3-2-4-16(13-15)21(22,23)24/h2-8,13H,9-12H2,1H3,(H,25,28). The zero-order valence-electron chi connectivity index (χ0n) is 16.2. The van der Waals surface area contributed by atoms with Crippen LogP contribution in [0.3, 0.4) is 0 Å². The van der Waals surface area contributed by atoms with Crippen LogP contribution in [0.15, 0.2) is 53.1 Å². The SMILES string of the molecule is COc1ccc(CCNC(=O)CCc2nc(-c3cccc(C(F)(F)F)c3)no2)cc1. The third kappa shape index (κ3) is 5.82. The molecule has 0 fully saturated rings. The van der Waals surface area contributed by atoms with Crippen LogP contribution in [0, 0.1) is 0 Å². The molecule has 0 unspecified atom stereocenters. The fourth-order valence-electron chi connectivity index (χ4n) is 2.76. The van der Waals surface area contributed by atoms with Crippen molar-refractivity contribution in [1.82, 2.24) is 15.5 Å². The van der Waals surface area contributed by atoms with Crippen LogP contribution in [-0.4, -0.2) is 29.7 Å². The quantitative estimate of drug-likeness (QED) is 0.596. The van der Waals surface area contributed by atoms with Gasteiger partial charge in [-0.25, -0.2) is 0 Å². The lowest BCUT2D eigenvalue weighted by atomic mass is 10.1. The van der Waals surface area contributed by atoms with E-state index in [1.165, 1.54) is 12.1 Å². The predicted octanol–water partition coefficient (Wildman–Crippen LogP) is 4.06. The Labute approximate surface area is 171 Å². The molecule has 0 aliphatic carbocycles. The van der Waals surface area contributed by atoms with Crippen molar-refractivity contribution in [1.29, 1.82) is 0 Å². The Bertz CT molecular complexity index is 985. The van der Waals surface area contributed by atoms with Crippen molar-refractivity contribution in [2.24, 2.45) is 0 Å². The second kappa shape index (κ2) is 9.43. The van der Waals surface area contributed by atoms with Gasteiger partial charge in [-0.05, 0) is 36.2 Å². The molecule has 158 valence electrons. The molecule has 0 aliphatic rings. The van der Waals surface area contributed by atoms with Crippen LogP contribution in [0.5, 0.6) is 5.75 Å². The lowest BCUT2D eigenvalue weighted by Crippen LogP contribution is -2.25. The molecule has 0 atom stereocenters. The zero-order valence-corrected chi connectivity index (χ0v) is 16.2. The van der Waals surface area contributed by atoms with E-state index in [2.05, 4.69) is 15.5 Å². The molecule has 1 amide bonds. The van der Waals surface area contributed by atoms with Crippen LogP contribution in [-0.2, 0) is 23.8 Å². The number of nitrogens with zero attached hydrogens (tertiary/aromatic N) is 2. The van der Waals surface area contributed by atoms with Gasteiger partial charge in [0.15, 0.2) is 0 Å². The molecule has 0 saturated heterocycles. The number of halogens is 3. The Balaban J connectivity index is 1.47. The molecule has 6 nitrogen and oxygen atoms in total. The highest BCUT2D eigenvalue weighted by Crippen LogP contribution is 2.31. The number of carbonyl (C=O) groups is 1. The topological polar surface area (TPSA) is 77.2 Å². The van der Waals surface area contributed by atoms with Gasteiger partial charge in [-0.15, -0.1) is 0 Å². The predicted molar refractivity (Wildman–Crippen MR) is 103 cm³/mol. The van der Waals surface area contributed by atoms with Gasteiger partial charge in [0.25, 0.3) is 0 Å². The van der Waals surface area contributed by atoms with Crippen molar-refractivity contribution < 1.29 is 27.2 Å². The Morgan fingerprint density at radius 1 is 1.13 bits per heavy atom. The Hall–Kier alpha value is -3.36. The molecule has 2 aromatic carbocycles. The molecule has 3 aromatic rings. The highest BCUT2D eigenvalue weighted by molar-refractivity contribution is 5.76. The van der Waals surface area contributed by atoms with Crippen molar-refractivity contribution >= 4 is 5.91 Å². The summed E-state index contributed by atoms with van der Waals surface area (Å²) in [6.45, 7) is 0.477. The number of aryl methyl sites for hydroxylation is 1. The number of hydrogen-bond acceptors (Lipinski definition) is 5. The molecule has 0 saturated carbocycles. The monoisotopic (exact) mass is 419 g/mol. The number of hydrogen-bond donors (Lipinski definition) is 1. The van der Waals surface area contributed by atoms with E-state index in [0.717, 1.165) is 23.4 Å². The molecule has 1 aromatic heterocycles. The van der Waals surface area contributed by atoms with Gasteiger partial charge in [0.2, 0.25) is 17.6 Å². The van der Waals surface area contributed by atoms with Gasteiger partial charge in [0.1, 0.15) is 5.75 Å². The number of amides is 1. The highest BCUT2D eigenvalue weighted by atomic mass is 19.4. The van der Waals surface area contributed by atoms with Gasteiger partial charge in [-0.2, -0.15) is 18.2 Å². The number of methoxy groups -OCH3 is 1. The minimum absolute atomic E-state index is 0.0519. The van der Waals surface area contributed by atoms with Gasteiger partial charge >= 0.3 is 6.18 Å². The van der Waals surface area contributed by atoms with Gasteiger partial charge in [0.05, 0.1) is 12.7 Å². The van der Waals surface area contributed by atoms with Crippen LogP contribution in [0.25, 0.3) is 11.4 Å². The summed E-state index contributed by atoms with van der Waals surface area (Å²) in [5.74, 6) is 0.831. The van der Waals surface area contributed by atoms with Crippen LogP contribution < -0.4 is 10.1 Å². The van der Waals surface area contributed by atoms with Crippen LogP contribution in [0.4, 0.5) is 13.2 Å². The molecule has 1 heterocycles. The van der Waals surface area contributed by atoms with Crippen molar-refractivity contribution in [3.63, 3.8) is 0 Å². The molecule has 9 heteroatoms. The first-order valence-electron chi connectivity index (χ1n) is 9.25. The fourth-order valence-corrected chi connectivity index (χ4v) is 2.76. The first-order valence-corrected chi connectivity index (χ1v) is 9.25. The highest BCUT2D eigenvalue weighted by Gasteiger charge is 2.30. The number of ether oxygens (including phenoxy) is 1. The summed E-state index contributed by atoms with van der Waals surface area (Å²) in [6, 6.07) is 12.3. The normalized spacial score (nSPS) is 11.3. The smallest absolute Gasteiger partial charge is 0.416 e. The maximum Gasteiger partial charge on any atom is 0.416 e. The second-order valence-electron chi connectivity index (χ2n) is 6.54. The first kappa shape index (κ1) is 21.4. The molecular weight excluding hydrogens is 399 g/mol. The Morgan fingerprint density at radius 2 is 1.90 bits per heavy atom. The number of rotatable bonds is 8. The van der Waals surface area contributed by atoms with Gasteiger partial charge in [0, 0.05) is 24.9 Å². The summed E-state index contributed by atoms with van der Waals surface area (Å²) in [5, 5.41) is 6.52. The van der Waals surface area contributed by atoms with E-state index in [9.17, 15) is 18.0 Å². The lowest BCUT2D eigenvalue weighted by Gasteiger charge is -2.06. The minimum atomic E-state index is -4.45. The number of alkyl halides is 3. The number of carbonyl (C=O) groups excluding carboxylic acids is 1. The Kier molecular flexibility index (Phi) is 6.71. The summed E-state index contributed by atoms with van der Waals surface area (Å²) >= 11 is 0. The van der Waals surface area contributed by atoms with E-state index < -0.39 is 11.7 Å². The molecule has 3 rings (SSSR count). The molecule has 0 radical (unpaired) electrons. The Morgan fingerprint density at radius 3 is 2.60 bits per heavy atom. The van der Waals surface area contributed by atoms with Gasteiger partial charge in [-0.3, -0.25) is 4.79 Å². The number of benzene rings is 2. The van der Waals surface area contributed by atoms with Crippen LogP contribution in [0.1, 0.15) is 23.4 Å². The third-order valence-corrected chi connectivity index (χ3v) is 4.38. The minimum Gasteiger partial charge on any atom is -0.497 e. The maximum atomic E-state index is 12.8. The van der Waals surface area contributed by atoms with E-state index in [0.29, 0.717) is 13.0 Å². The van der Waals surface area contributed by atoms with Crippen LogP contribution in [0.2, 0.25) is 0 Å². The molecule has 0 spiro atoms. The first-order chi connectivity index (χ1) is 14.3. The van der Waals surface area contributed by atoms with E-state index in [4.69, 9.17) is 9.26 Å². The van der Waals surface area contributed by atoms with Crippen molar-refractivity contribution in [3.8, 4) is 17.1 Å². The largest absolute Gasteiger partial charge is 0.497 e. The average Bonchev–Trinajstić information content (AvgIpc) is 3.21. The summed E-state index contributed by atoms with van der Waals surface area (Å²) in [6.07, 6.45) is -3.45. The molecule has 30 heavy (non-hydrogen) atoms. The molecule has 1 N–H and O–H groups in total. The summed E-state index contributed by atoms with van der Waals surface area (Å²) in [5.41, 5.74) is 0.477. The van der Waals surface area contributed by atoms with E-state index in [1.807, 2.05) is 24.3 Å². The zero-order chi connectivity index (χ0) is 21.6. The number of nitrogens with one attached hydrogen (secondary N) is 1. The van der Waals surface area contributed by atoms with Crippen molar-refractivity contribution in [2.45, 2.75) is 25.4 Å². The molecule has 0 bridgehead atoms. The van der Waals surface area contributed by atoms with E-state index in [-0.39, 0.29) is 36.0 Å². The van der Waals surface area contributed by atoms with Crippen molar-refractivity contribution in [3.05, 3.63) is 65.5 Å². The summed E-state index contributed by atoms with van der Waals surface area (Å²) in [7, 11) is 1.60. The van der Waals surface area contributed by atoms with Crippen molar-refractivity contribution in [2.75, 3.05) is 13.7 Å². The second-order valence-corrected chi connectivity index (χ2v) is 6.54. The van der Waals surface area contributed by atoms with E-state index >= 15 is 0 Å². The summed E-state index contributed by atoms with van der Waals surface area (Å²) < 4.78 is 48.6. The van der Waals surface area contributed by atoms with Crippen LogP contribution >= 0.6 is 0 Å². The lowest BCUT2D eigenvalue weighted by molar-refractivity contribution is -0.137. The number of aromatic nitrogens is 2. The van der Waals surface area contributed by atoms with E-state index in [1.54, 1.807) is 7.11 Å². The summed E-state index contributed by atoms with van der Waals surface area (Å²) in [4.78, 5) is 16.1. The third-order valence-electron chi connectivity index (χ3n) is 4.38. The van der Waals surface area contributed by atoms with Gasteiger partial charge in [-0.1, -0.05) is 29.4 Å². The average molecular weight is 419 g/mol. The molecule has 0 aliphatic heterocycles. The van der Waals surface area contributed by atoms with Gasteiger partial charge < -0.3 is 14.6 Å².